The maximum Gasteiger partial charge on any atom is 0.257 e. The number of anilines is 3. The molecular weight excluding hydrogens is 245 g/mol. The van der Waals surface area contributed by atoms with Gasteiger partial charge in [0.25, 0.3) is 5.91 Å². The van der Waals surface area contributed by atoms with E-state index in [2.05, 4.69) is 5.32 Å². The highest BCUT2D eigenvalue weighted by molar-refractivity contribution is 6.08. The third-order valence-electron chi connectivity index (χ3n) is 2.69. The van der Waals surface area contributed by atoms with Gasteiger partial charge in [0.1, 0.15) is 5.82 Å². The largest absolute Gasteiger partial charge is 0.399 e. The van der Waals surface area contributed by atoms with Crippen LogP contribution >= 0.6 is 0 Å². The lowest BCUT2D eigenvalue weighted by molar-refractivity contribution is 0.102. The second-order valence-electron chi connectivity index (χ2n) is 4.28. The standard InChI is InChI=1S/C14H14FN3O/c1-8-2-5-13(11(15)6-8)18-14(19)10-4-3-9(16)7-12(10)17/h2-7H,16-17H2,1H3,(H,18,19). The van der Waals surface area contributed by atoms with Gasteiger partial charge in [-0.15, -0.1) is 0 Å². The van der Waals surface area contributed by atoms with Crippen LogP contribution in [0, 0.1) is 12.7 Å². The molecule has 4 nitrogen and oxygen atoms in total. The molecule has 0 atom stereocenters. The van der Waals surface area contributed by atoms with Gasteiger partial charge in [0, 0.05) is 11.4 Å². The van der Waals surface area contributed by atoms with E-state index in [-0.39, 0.29) is 16.9 Å². The summed E-state index contributed by atoms with van der Waals surface area (Å²) >= 11 is 0. The van der Waals surface area contributed by atoms with Gasteiger partial charge in [-0.3, -0.25) is 4.79 Å². The Hall–Kier alpha value is -2.56. The molecule has 0 spiro atoms. The molecule has 2 aromatic carbocycles. The van der Waals surface area contributed by atoms with Crippen molar-refractivity contribution >= 4 is 23.0 Å². The molecule has 0 saturated carbocycles. The number of carbonyl (C=O) groups is 1. The predicted octanol–water partition coefficient (Wildman–Crippen LogP) is 2.55. The van der Waals surface area contributed by atoms with Crippen LogP contribution in [-0.2, 0) is 0 Å². The number of amides is 1. The molecule has 0 aliphatic rings. The summed E-state index contributed by atoms with van der Waals surface area (Å²) in [4.78, 5) is 12.0. The number of hydrogen-bond donors (Lipinski definition) is 3. The minimum Gasteiger partial charge on any atom is -0.399 e. The zero-order chi connectivity index (χ0) is 14.0. The second-order valence-corrected chi connectivity index (χ2v) is 4.28. The minimum atomic E-state index is -0.484. The molecule has 0 heterocycles. The van der Waals surface area contributed by atoms with Crippen LogP contribution in [0.1, 0.15) is 15.9 Å². The van der Waals surface area contributed by atoms with Crippen molar-refractivity contribution in [2.45, 2.75) is 6.92 Å². The number of aryl methyl sites for hydroxylation is 1. The summed E-state index contributed by atoms with van der Waals surface area (Å²) in [5.74, 6) is -0.956. The summed E-state index contributed by atoms with van der Waals surface area (Å²) in [5, 5.41) is 2.48. The highest BCUT2D eigenvalue weighted by atomic mass is 19.1. The van der Waals surface area contributed by atoms with E-state index in [1.807, 2.05) is 0 Å². The molecule has 0 radical (unpaired) electrons. The van der Waals surface area contributed by atoms with E-state index >= 15 is 0 Å². The Labute approximate surface area is 110 Å². The smallest absolute Gasteiger partial charge is 0.257 e. The van der Waals surface area contributed by atoms with Crippen LogP contribution in [0.4, 0.5) is 21.5 Å². The van der Waals surface area contributed by atoms with E-state index in [1.54, 1.807) is 19.1 Å². The highest BCUT2D eigenvalue weighted by Crippen LogP contribution is 2.20. The molecule has 0 fully saturated rings. The maximum atomic E-state index is 13.6. The first-order valence-electron chi connectivity index (χ1n) is 5.70. The molecule has 19 heavy (non-hydrogen) atoms. The highest BCUT2D eigenvalue weighted by Gasteiger charge is 2.12. The lowest BCUT2D eigenvalue weighted by Gasteiger charge is -2.09. The summed E-state index contributed by atoms with van der Waals surface area (Å²) in [6.07, 6.45) is 0. The van der Waals surface area contributed by atoms with E-state index in [9.17, 15) is 9.18 Å². The summed E-state index contributed by atoms with van der Waals surface area (Å²) in [7, 11) is 0. The van der Waals surface area contributed by atoms with Gasteiger partial charge in [-0.25, -0.2) is 4.39 Å². The predicted molar refractivity (Wildman–Crippen MR) is 74.4 cm³/mol. The summed E-state index contributed by atoms with van der Waals surface area (Å²) in [6.45, 7) is 1.77. The van der Waals surface area contributed by atoms with Crippen molar-refractivity contribution in [1.82, 2.24) is 0 Å². The van der Waals surface area contributed by atoms with Gasteiger partial charge in [-0.05, 0) is 42.8 Å². The number of nitrogen functional groups attached to an aromatic ring is 2. The fourth-order valence-corrected chi connectivity index (χ4v) is 1.70. The normalized spacial score (nSPS) is 10.2. The first-order chi connectivity index (χ1) is 8.97. The Bertz CT molecular complexity index is 641. The number of hydrogen-bond acceptors (Lipinski definition) is 3. The van der Waals surface area contributed by atoms with Crippen molar-refractivity contribution in [2.75, 3.05) is 16.8 Å². The number of carbonyl (C=O) groups excluding carboxylic acids is 1. The average molecular weight is 259 g/mol. The van der Waals surface area contributed by atoms with E-state index in [1.165, 1.54) is 24.3 Å². The fourth-order valence-electron chi connectivity index (χ4n) is 1.70. The Balaban J connectivity index is 2.25. The van der Waals surface area contributed by atoms with Gasteiger partial charge >= 0.3 is 0 Å². The van der Waals surface area contributed by atoms with Crippen LogP contribution in [0.3, 0.4) is 0 Å². The summed E-state index contributed by atoms with van der Waals surface area (Å²) in [6, 6.07) is 9.13. The molecule has 0 aliphatic carbocycles. The molecule has 0 unspecified atom stereocenters. The van der Waals surface area contributed by atoms with Gasteiger partial charge in [0.15, 0.2) is 0 Å². The molecule has 98 valence electrons. The molecule has 0 bridgehead atoms. The third kappa shape index (κ3) is 2.82. The molecule has 5 N–H and O–H groups in total. The molecule has 1 amide bonds. The molecule has 2 rings (SSSR count). The minimum absolute atomic E-state index is 0.117. The quantitative estimate of drug-likeness (QED) is 0.725. The van der Waals surface area contributed by atoms with Crippen molar-refractivity contribution in [3.8, 4) is 0 Å². The molecule has 0 aromatic heterocycles. The van der Waals surface area contributed by atoms with E-state index in [4.69, 9.17) is 11.5 Å². The Morgan fingerprint density at radius 3 is 2.53 bits per heavy atom. The van der Waals surface area contributed by atoms with Crippen LogP contribution in [0.2, 0.25) is 0 Å². The van der Waals surface area contributed by atoms with E-state index in [0.29, 0.717) is 5.69 Å². The Morgan fingerprint density at radius 2 is 1.89 bits per heavy atom. The molecule has 0 aliphatic heterocycles. The number of halogens is 1. The Kier molecular flexibility index (Phi) is 3.37. The molecule has 2 aromatic rings. The van der Waals surface area contributed by atoms with Gasteiger partial charge in [0.05, 0.1) is 11.3 Å². The van der Waals surface area contributed by atoms with Gasteiger partial charge in [0.2, 0.25) is 0 Å². The Morgan fingerprint density at radius 1 is 1.16 bits per heavy atom. The van der Waals surface area contributed by atoms with Crippen LogP contribution in [0.5, 0.6) is 0 Å². The lowest BCUT2D eigenvalue weighted by Crippen LogP contribution is -2.15. The van der Waals surface area contributed by atoms with Crippen LogP contribution in [0.25, 0.3) is 0 Å². The lowest BCUT2D eigenvalue weighted by atomic mass is 10.1. The van der Waals surface area contributed by atoms with Gasteiger partial charge in [-0.1, -0.05) is 6.07 Å². The van der Waals surface area contributed by atoms with Crippen LogP contribution in [0.15, 0.2) is 36.4 Å². The van der Waals surface area contributed by atoms with Crippen molar-refractivity contribution in [3.05, 3.63) is 53.3 Å². The summed E-state index contributed by atoms with van der Waals surface area (Å²) < 4.78 is 13.6. The first kappa shape index (κ1) is 12.9. The van der Waals surface area contributed by atoms with E-state index in [0.717, 1.165) is 5.56 Å². The molecule has 5 heteroatoms. The van der Waals surface area contributed by atoms with Crippen molar-refractivity contribution in [1.29, 1.82) is 0 Å². The second kappa shape index (κ2) is 4.97. The van der Waals surface area contributed by atoms with Gasteiger partial charge < -0.3 is 16.8 Å². The molecule has 0 saturated heterocycles. The fraction of sp³-hybridized carbons (Fsp3) is 0.0714. The monoisotopic (exact) mass is 259 g/mol. The summed E-state index contributed by atoms with van der Waals surface area (Å²) in [5.41, 5.74) is 13.1. The maximum absolute atomic E-state index is 13.6. The number of nitrogens with one attached hydrogen (secondary N) is 1. The zero-order valence-electron chi connectivity index (χ0n) is 10.4. The third-order valence-corrected chi connectivity index (χ3v) is 2.69. The van der Waals surface area contributed by atoms with Crippen LogP contribution < -0.4 is 16.8 Å². The number of benzene rings is 2. The first-order valence-corrected chi connectivity index (χ1v) is 5.70. The van der Waals surface area contributed by atoms with Gasteiger partial charge in [-0.2, -0.15) is 0 Å². The van der Waals surface area contributed by atoms with Crippen molar-refractivity contribution < 1.29 is 9.18 Å². The van der Waals surface area contributed by atoms with Crippen molar-refractivity contribution in [3.63, 3.8) is 0 Å². The zero-order valence-corrected chi connectivity index (χ0v) is 10.4. The molecular formula is C14H14FN3O. The number of nitrogens with two attached hydrogens (primary N) is 2. The number of rotatable bonds is 2. The van der Waals surface area contributed by atoms with Crippen molar-refractivity contribution in [2.24, 2.45) is 0 Å². The van der Waals surface area contributed by atoms with E-state index < -0.39 is 11.7 Å². The SMILES string of the molecule is Cc1ccc(NC(=O)c2ccc(N)cc2N)c(F)c1. The topological polar surface area (TPSA) is 81.1 Å². The average Bonchev–Trinajstić information content (AvgIpc) is 2.32. The van der Waals surface area contributed by atoms with Crippen LogP contribution in [-0.4, -0.2) is 5.91 Å².